The molecule has 5 heteroatoms. The molecule has 0 radical (unpaired) electrons. The van der Waals surface area contributed by atoms with E-state index in [-0.39, 0.29) is 23.0 Å². The van der Waals surface area contributed by atoms with E-state index in [0.717, 1.165) is 19.4 Å². The number of aromatic hydroxyl groups is 1. The van der Waals surface area contributed by atoms with Crippen LogP contribution in [-0.4, -0.2) is 36.6 Å². The third-order valence-electron chi connectivity index (χ3n) is 3.45. The predicted molar refractivity (Wildman–Crippen MR) is 74.0 cm³/mol. The van der Waals surface area contributed by atoms with E-state index in [1.165, 1.54) is 19.1 Å². The monoisotopic (exact) mass is 277 g/mol. The van der Waals surface area contributed by atoms with Gasteiger partial charge in [0, 0.05) is 18.7 Å². The molecule has 0 aromatic heterocycles. The second kappa shape index (κ2) is 6.52. The van der Waals surface area contributed by atoms with E-state index in [1.54, 1.807) is 6.07 Å². The zero-order chi connectivity index (χ0) is 14.5. The molecule has 0 spiro atoms. The van der Waals surface area contributed by atoms with Crippen molar-refractivity contribution < 1.29 is 19.4 Å². The minimum Gasteiger partial charge on any atom is -0.507 e. The van der Waals surface area contributed by atoms with Gasteiger partial charge in [-0.1, -0.05) is 0 Å². The Morgan fingerprint density at radius 2 is 2.25 bits per heavy atom. The van der Waals surface area contributed by atoms with Gasteiger partial charge in [0.25, 0.3) is 5.91 Å². The lowest BCUT2D eigenvalue weighted by molar-refractivity contribution is 0.0536. The fraction of sp³-hybridized carbons (Fsp3) is 0.467. The average molecular weight is 277 g/mol. The number of ether oxygens (including phenoxy) is 1. The highest BCUT2D eigenvalue weighted by atomic mass is 16.5. The second-order valence-electron chi connectivity index (χ2n) is 5.08. The maximum Gasteiger partial charge on any atom is 0.251 e. The van der Waals surface area contributed by atoms with Crippen LogP contribution < -0.4 is 5.32 Å². The summed E-state index contributed by atoms with van der Waals surface area (Å²) >= 11 is 0. The number of phenols is 1. The van der Waals surface area contributed by atoms with E-state index in [9.17, 15) is 14.7 Å². The Balaban J connectivity index is 1.95. The second-order valence-corrected chi connectivity index (χ2v) is 5.08. The number of benzene rings is 1. The Hall–Kier alpha value is -1.88. The molecule has 1 aliphatic heterocycles. The van der Waals surface area contributed by atoms with Gasteiger partial charge in [0.15, 0.2) is 5.78 Å². The number of nitrogens with one attached hydrogen (secondary N) is 1. The summed E-state index contributed by atoms with van der Waals surface area (Å²) in [5, 5.41) is 12.5. The van der Waals surface area contributed by atoms with Gasteiger partial charge in [-0.25, -0.2) is 0 Å². The van der Waals surface area contributed by atoms with E-state index in [4.69, 9.17) is 4.74 Å². The normalized spacial score (nSPS) is 18.6. The van der Waals surface area contributed by atoms with Crippen molar-refractivity contribution in [2.24, 2.45) is 5.92 Å². The topological polar surface area (TPSA) is 75.6 Å². The quantitative estimate of drug-likeness (QED) is 0.822. The molecule has 1 fully saturated rings. The molecular formula is C15H19NO4. The molecule has 2 rings (SSSR count). The standard InChI is InChI=1S/C15H19NO4/c1-10(17)13-5-4-12(7-14(13)18)15(19)16-8-11-3-2-6-20-9-11/h4-5,7,11,18H,2-3,6,8-9H2,1H3,(H,16,19)/t11-/m1/s1. The van der Waals surface area contributed by atoms with Crippen molar-refractivity contribution in [3.8, 4) is 5.75 Å². The van der Waals surface area contributed by atoms with E-state index in [0.29, 0.717) is 24.6 Å². The first-order chi connectivity index (χ1) is 9.58. The van der Waals surface area contributed by atoms with Gasteiger partial charge in [-0.15, -0.1) is 0 Å². The largest absolute Gasteiger partial charge is 0.507 e. The van der Waals surface area contributed by atoms with E-state index < -0.39 is 0 Å². The summed E-state index contributed by atoms with van der Waals surface area (Å²) < 4.78 is 5.35. The zero-order valence-corrected chi connectivity index (χ0v) is 11.5. The molecule has 20 heavy (non-hydrogen) atoms. The Kier molecular flexibility index (Phi) is 4.74. The number of phenolic OH excluding ortho intramolecular Hbond substituents is 1. The summed E-state index contributed by atoms with van der Waals surface area (Å²) in [6, 6.07) is 4.34. The maximum atomic E-state index is 12.0. The van der Waals surface area contributed by atoms with Crippen molar-refractivity contribution in [3.05, 3.63) is 29.3 Å². The van der Waals surface area contributed by atoms with Gasteiger partial charge in [-0.05, 0) is 43.9 Å². The number of carbonyl (C=O) groups excluding carboxylic acids is 2. The van der Waals surface area contributed by atoms with Gasteiger partial charge in [0.05, 0.1) is 12.2 Å². The minimum atomic E-state index is -0.249. The fourth-order valence-corrected chi connectivity index (χ4v) is 2.28. The smallest absolute Gasteiger partial charge is 0.251 e. The van der Waals surface area contributed by atoms with Crippen molar-refractivity contribution >= 4 is 11.7 Å². The molecule has 1 atom stereocenters. The van der Waals surface area contributed by atoms with Crippen molar-refractivity contribution in [2.75, 3.05) is 19.8 Å². The van der Waals surface area contributed by atoms with Crippen LogP contribution in [0.1, 0.15) is 40.5 Å². The summed E-state index contributed by atoms with van der Waals surface area (Å²) in [6.45, 7) is 3.41. The van der Waals surface area contributed by atoms with Crippen LogP contribution in [0.3, 0.4) is 0 Å². The molecule has 1 aliphatic rings. The minimum absolute atomic E-state index is 0.161. The third kappa shape index (κ3) is 3.57. The highest BCUT2D eigenvalue weighted by Crippen LogP contribution is 2.19. The van der Waals surface area contributed by atoms with Crippen LogP contribution in [-0.2, 0) is 4.74 Å². The Labute approximate surface area is 117 Å². The molecule has 0 unspecified atom stereocenters. The van der Waals surface area contributed by atoms with Crippen molar-refractivity contribution in [1.29, 1.82) is 0 Å². The SMILES string of the molecule is CC(=O)c1ccc(C(=O)NC[C@H]2CCCOC2)cc1O. The fourth-order valence-electron chi connectivity index (χ4n) is 2.28. The van der Waals surface area contributed by atoms with Crippen LogP contribution in [0.5, 0.6) is 5.75 Å². The molecule has 1 aromatic carbocycles. The lowest BCUT2D eigenvalue weighted by atomic mass is 10.0. The molecular weight excluding hydrogens is 258 g/mol. The number of hydrogen-bond donors (Lipinski definition) is 2. The van der Waals surface area contributed by atoms with Gasteiger partial charge in [-0.2, -0.15) is 0 Å². The van der Waals surface area contributed by atoms with E-state index in [1.807, 2.05) is 0 Å². The van der Waals surface area contributed by atoms with E-state index in [2.05, 4.69) is 5.32 Å². The van der Waals surface area contributed by atoms with Crippen LogP contribution in [0.25, 0.3) is 0 Å². The predicted octanol–water partition coefficient (Wildman–Crippen LogP) is 1.75. The zero-order valence-electron chi connectivity index (χ0n) is 11.5. The van der Waals surface area contributed by atoms with Crippen molar-refractivity contribution in [2.45, 2.75) is 19.8 Å². The first-order valence-electron chi connectivity index (χ1n) is 6.78. The lowest BCUT2D eigenvalue weighted by Crippen LogP contribution is -2.33. The van der Waals surface area contributed by atoms with Crippen LogP contribution in [0.15, 0.2) is 18.2 Å². The summed E-state index contributed by atoms with van der Waals surface area (Å²) in [4.78, 5) is 23.2. The van der Waals surface area contributed by atoms with E-state index >= 15 is 0 Å². The summed E-state index contributed by atoms with van der Waals surface area (Å²) in [5.41, 5.74) is 0.575. The molecule has 0 bridgehead atoms. The number of amides is 1. The number of carbonyl (C=O) groups is 2. The number of ketones is 1. The summed E-state index contributed by atoms with van der Waals surface area (Å²) in [6.07, 6.45) is 2.07. The lowest BCUT2D eigenvalue weighted by Gasteiger charge is -2.22. The number of hydrogen-bond acceptors (Lipinski definition) is 4. The Morgan fingerprint density at radius 1 is 1.45 bits per heavy atom. The first kappa shape index (κ1) is 14.5. The molecule has 1 aromatic rings. The highest BCUT2D eigenvalue weighted by molar-refractivity contribution is 6.00. The summed E-state index contributed by atoms with van der Waals surface area (Å²) in [7, 11) is 0. The molecule has 0 saturated carbocycles. The van der Waals surface area contributed by atoms with Crippen molar-refractivity contribution in [3.63, 3.8) is 0 Å². The molecule has 5 nitrogen and oxygen atoms in total. The highest BCUT2D eigenvalue weighted by Gasteiger charge is 2.16. The van der Waals surface area contributed by atoms with Gasteiger partial charge in [0.1, 0.15) is 5.75 Å². The number of rotatable bonds is 4. The molecule has 1 heterocycles. The van der Waals surface area contributed by atoms with Crippen LogP contribution in [0, 0.1) is 5.92 Å². The van der Waals surface area contributed by atoms with Gasteiger partial charge >= 0.3 is 0 Å². The molecule has 1 amide bonds. The molecule has 2 N–H and O–H groups in total. The summed E-state index contributed by atoms with van der Waals surface area (Å²) in [5.74, 6) is -0.293. The molecule has 0 aliphatic carbocycles. The van der Waals surface area contributed by atoms with Gasteiger partial charge in [-0.3, -0.25) is 9.59 Å². The van der Waals surface area contributed by atoms with Crippen molar-refractivity contribution in [1.82, 2.24) is 5.32 Å². The molecule has 1 saturated heterocycles. The van der Waals surface area contributed by atoms with Crippen LogP contribution in [0.4, 0.5) is 0 Å². The number of Topliss-reactive ketones (excluding diaryl/α,β-unsaturated/α-hetero) is 1. The Bertz CT molecular complexity index is 507. The average Bonchev–Trinajstić information content (AvgIpc) is 2.45. The van der Waals surface area contributed by atoms with Gasteiger partial charge in [0.2, 0.25) is 0 Å². The third-order valence-corrected chi connectivity index (χ3v) is 3.45. The maximum absolute atomic E-state index is 12.0. The van der Waals surface area contributed by atoms with Crippen LogP contribution >= 0.6 is 0 Å². The molecule has 108 valence electrons. The first-order valence-corrected chi connectivity index (χ1v) is 6.78. The Morgan fingerprint density at radius 3 is 2.85 bits per heavy atom. The van der Waals surface area contributed by atoms with Gasteiger partial charge < -0.3 is 15.2 Å². The van der Waals surface area contributed by atoms with Crippen LogP contribution in [0.2, 0.25) is 0 Å².